The second-order valence-corrected chi connectivity index (χ2v) is 7.46. The van der Waals surface area contributed by atoms with Gasteiger partial charge in [0.15, 0.2) is 0 Å². The lowest BCUT2D eigenvalue weighted by atomic mass is 9.77. The van der Waals surface area contributed by atoms with Crippen LogP contribution in [-0.2, 0) is 10.2 Å². The maximum absolute atomic E-state index is 13.4. The SMILES string of the molecule is COc1ccc(C2(C(=O)N3CCN(C[C@H](C)O)CC3)CCCC2)cc1. The Labute approximate surface area is 150 Å². The molecule has 0 unspecified atom stereocenters. The highest BCUT2D eigenvalue weighted by molar-refractivity contribution is 5.88. The van der Waals surface area contributed by atoms with E-state index in [-0.39, 0.29) is 17.4 Å². The van der Waals surface area contributed by atoms with E-state index in [2.05, 4.69) is 17.0 Å². The summed E-state index contributed by atoms with van der Waals surface area (Å²) in [4.78, 5) is 17.7. The second kappa shape index (κ2) is 7.75. The third-order valence-electron chi connectivity index (χ3n) is 5.69. The van der Waals surface area contributed by atoms with Crippen LogP contribution in [0.1, 0.15) is 38.2 Å². The molecular weight excluding hydrogens is 316 g/mol. The summed E-state index contributed by atoms with van der Waals surface area (Å²) in [6.07, 6.45) is 3.78. The maximum atomic E-state index is 13.4. The van der Waals surface area contributed by atoms with Crippen LogP contribution in [0.5, 0.6) is 5.75 Å². The number of amides is 1. The van der Waals surface area contributed by atoms with Crippen LogP contribution in [0, 0.1) is 0 Å². The molecule has 2 fully saturated rings. The number of rotatable bonds is 5. The smallest absolute Gasteiger partial charge is 0.233 e. The fraction of sp³-hybridized carbons (Fsp3) is 0.650. The Balaban J connectivity index is 1.73. The molecule has 1 aliphatic carbocycles. The Morgan fingerprint density at radius 2 is 1.76 bits per heavy atom. The summed E-state index contributed by atoms with van der Waals surface area (Å²) in [6.45, 7) is 5.69. The number of hydrogen-bond acceptors (Lipinski definition) is 4. The molecule has 1 atom stereocenters. The van der Waals surface area contributed by atoms with Gasteiger partial charge in [0.2, 0.25) is 5.91 Å². The first-order valence-electron chi connectivity index (χ1n) is 9.39. The van der Waals surface area contributed by atoms with Crippen molar-refractivity contribution in [3.63, 3.8) is 0 Å². The topological polar surface area (TPSA) is 53.0 Å². The zero-order valence-electron chi connectivity index (χ0n) is 15.4. The van der Waals surface area contributed by atoms with Crippen molar-refractivity contribution in [1.82, 2.24) is 9.80 Å². The van der Waals surface area contributed by atoms with Crippen LogP contribution < -0.4 is 4.74 Å². The number of benzene rings is 1. The molecule has 138 valence electrons. The quantitative estimate of drug-likeness (QED) is 0.886. The Morgan fingerprint density at radius 3 is 2.28 bits per heavy atom. The van der Waals surface area contributed by atoms with Gasteiger partial charge in [0.05, 0.1) is 18.6 Å². The van der Waals surface area contributed by atoms with Gasteiger partial charge in [-0.2, -0.15) is 0 Å². The number of carbonyl (C=O) groups is 1. The lowest BCUT2D eigenvalue weighted by Gasteiger charge is -2.40. The van der Waals surface area contributed by atoms with E-state index in [4.69, 9.17) is 4.74 Å². The van der Waals surface area contributed by atoms with Gasteiger partial charge in [-0.15, -0.1) is 0 Å². The summed E-state index contributed by atoms with van der Waals surface area (Å²) < 4.78 is 5.26. The molecule has 1 saturated carbocycles. The standard InChI is InChI=1S/C20H30N2O3/c1-16(23)15-21-11-13-22(14-12-21)19(24)20(9-3-4-10-20)17-5-7-18(25-2)8-6-17/h5-8,16,23H,3-4,9-15H2,1-2H3/t16-/m0/s1. The first-order valence-corrected chi connectivity index (χ1v) is 9.39. The highest BCUT2D eigenvalue weighted by Crippen LogP contribution is 2.43. The van der Waals surface area contributed by atoms with Gasteiger partial charge >= 0.3 is 0 Å². The van der Waals surface area contributed by atoms with Gasteiger partial charge in [0.1, 0.15) is 5.75 Å². The van der Waals surface area contributed by atoms with Gasteiger partial charge in [-0.1, -0.05) is 25.0 Å². The Kier molecular flexibility index (Phi) is 5.64. The highest BCUT2D eigenvalue weighted by atomic mass is 16.5. The number of methoxy groups -OCH3 is 1. The Morgan fingerprint density at radius 1 is 1.16 bits per heavy atom. The highest BCUT2D eigenvalue weighted by Gasteiger charge is 2.45. The first kappa shape index (κ1) is 18.2. The molecule has 0 spiro atoms. The number of β-amino-alcohol motifs (C(OH)–C–C–N with tert-alkyl or cyclic N) is 1. The minimum atomic E-state index is -0.362. The van der Waals surface area contributed by atoms with E-state index in [1.165, 1.54) is 0 Å². The van der Waals surface area contributed by atoms with E-state index in [0.29, 0.717) is 6.54 Å². The molecule has 1 amide bonds. The fourth-order valence-corrected chi connectivity index (χ4v) is 4.32. The van der Waals surface area contributed by atoms with Crippen molar-refractivity contribution in [1.29, 1.82) is 0 Å². The van der Waals surface area contributed by atoms with E-state index in [0.717, 1.165) is 63.2 Å². The molecule has 1 saturated heterocycles. The summed E-state index contributed by atoms with van der Waals surface area (Å²) >= 11 is 0. The summed E-state index contributed by atoms with van der Waals surface area (Å²) in [5.74, 6) is 1.11. The van der Waals surface area contributed by atoms with Gasteiger partial charge < -0.3 is 14.7 Å². The minimum absolute atomic E-state index is 0.284. The molecular formula is C20H30N2O3. The predicted molar refractivity (Wildman–Crippen MR) is 97.8 cm³/mol. The van der Waals surface area contributed by atoms with Crippen molar-refractivity contribution in [3.05, 3.63) is 29.8 Å². The molecule has 1 heterocycles. The molecule has 5 nitrogen and oxygen atoms in total. The summed E-state index contributed by atoms with van der Waals surface area (Å²) in [5.41, 5.74) is 0.765. The number of piperazine rings is 1. The number of ether oxygens (including phenoxy) is 1. The lowest BCUT2D eigenvalue weighted by molar-refractivity contribution is -0.139. The van der Waals surface area contributed by atoms with Gasteiger partial charge in [0, 0.05) is 32.7 Å². The predicted octanol–water partition coefficient (Wildman–Crippen LogP) is 2.03. The van der Waals surface area contributed by atoms with E-state index >= 15 is 0 Å². The molecule has 3 rings (SSSR count). The number of aliphatic hydroxyl groups is 1. The van der Waals surface area contributed by atoms with Crippen LogP contribution in [0.15, 0.2) is 24.3 Å². The Bertz CT molecular complexity index is 571. The van der Waals surface area contributed by atoms with Crippen molar-refractivity contribution >= 4 is 5.91 Å². The zero-order valence-corrected chi connectivity index (χ0v) is 15.4. The van der Waals surface area contributed by atoms with Crippen molar-refractivity contribution in [3.8, 4) is 5.75 Å². The minimum Gasteiger partial charge on any atom is -0.497 e. The molecule has 2 aliphatic rings. The average Bonchev–Trinajstić information content (AvgIpc) is 3.12. The third-order valence-corrected chi connectivity index (χ3v) is 5.69. The van der Waals surface area contributed by atoms with Crippen molar-refractivity contribution in [2.75, 3.05) is 39.8 Å². The largest absolute Gasteiger partial charge is 0.497 e. The average molecular weight is 346 g/mol. The van der Waals surface area contributed by atoms with Crippen molar-refractivity contribution in [2.24, 2.45) is 0 Å². The summed E-state index contributed by atoms with van der Waals surface area (Å²) in [7, 11) is 1.66. The van der Waals surface area contributed by atoms with E-state index in [9.17, 15) is 9.90 Å². The van der Waals surface area contributed by atoms with Crippen molar-refractivity contribution < 1.29 is 14.6 Å². The first-order chi connectivity index (χ1) is 12.0. The van der Waals surface area contributed by atoms with E-state index < -0.39 is 0 Å². The van der Waals surface area contributed by atoms with Crippen LogP contribution in [-0.4, -0.2) is 66.8 Å². The van der Waals surface area contributed by atoms with Crippen LogP contribution in [0.2, 0.25) is 0 Å². The maximum Gasteiger partial charge on any atom is 0.233 e. The van der Waals surface area contributed by atoms with Crippen LogP contribution in [0.25, 0.3) is 0 Å². The second-order valence-electron chi connectivity index (χ2n) is 7.46. The van der Waals surface area contributed by atoms with Gasteiger partial charge in [-0.25, -0.2) is 0 Å². The molecule has 0 radical (unpaired) electrons. The van der Waals surface area contributed by atoms with Gasteiger partial charge in [-0.3, -0.25) is 9.69 Å². The van der Waals surface area contributed by atoms with Gasteiger partial charge in [0.25, 0.3) is 0 Å². The molecule has 1 aromatic carbocycles. The lowest BCUT2D eigenvalue weighted by Crippen LogP contribution is -2.54. The molecule has 25 heavy (non-hydrogen) atoms. The summed E-state index contributed by atoms with van der Waals surface area (Å²) in [5, 5.41) is 9.55. The van der Waals surface area contributed by atoms with Crippen LogP contribution in [0.3, 0.4) is 0 Å². The number of aliphatic hydroxyl groups excluding tert-OH is 1. The van der Waals surface area contributed by atoms with Crippen molar-refractivity contribution in [2.45, 2.75) is 44.1 Å². The summed E-state index contributed by atoms with van der Waals surface area (Å²) in [6, 6.07) is 8.05. The molecule has 1 aliphatic heterocycles. The molecule has 1 N–H and O–H groups in total. The Hall–Kier alpha value is -1.59. The molecule has 5 heteroatoms. The normalized spacial score (nSPS) is 22.0. The van der Waals surface area contributed by atoms with Crippen LogP contribution >= 0.6 is 0 Å². The van der Waals surface area contributed by atoms with E-state index in [1.54, 1.807) is 7.11 Å². The van der Waals surface area contributed by atoms with E-state index in [1.807, 2.05) is 24.0 Å². The monoisotopic (exact) mass is 346 g/mol. The third kappa shape index (κ3) is 3.82. The fourth-order valence-electron chi connectivity index (χ4n) is 4.32. The number of carbonyl (C=O) groups excluding carboxylic acids is 1. The number of hydrogen-bond donors (Lipinski definition) is 1. The van der Waals surface area contributed by atoms with Crippen LogP contribution in [0.4, 0.5) is 0 Å². The molecule has 0 aromatic heterocycles. The zero-order chi connectivity index (χ0) is 17.9. The molecule has 1 aromatic rings. The number of nitrogens with zero attached hydrogens (tertiary/aromatic N) is 2. The van der Waals surface area contributed by atoms with Gasteiger partial charge in [-0.05, 0) is 37.5 Å². The molecule has 0 bridgehead atoms.